The zero-order valence-electron chi connectivity index (χ0n) is 12.2. The Labute approximate surface area is 111 Å². The maximum Gasteiger partial charge on any atom is 0.324 e. The van der Waals surface area contributed by atoms with Crippen molar-refractivity contribution in [2.45, 2.75) is 65.1 Å². The predicted molar refractivity (Wildman–Crippen MR) is 73.6 cm³/mol. The summed E-state index contributed by atoms with van der Waals surface area (Å²) in [6.45, 7) is 10.4. The Morgan fingerprint density at radius 2 is 1.94 bits per heavy atom. The van der Waals surface area contributed by atoms with Crippen molar-refractivity contribution in [3.63, 3.8) is 0 Å². The van der Waals surface area contributed by atoms with Crippen LogP contribution in [-0.4, -0.2) is 48.7 Å². The number of carbonyl (C=O) groups excluding carboxylic acids is 1. The molecule has 0 aromatic rings. The molecule has 0 spiro atoms. The van der Waals surface area contributed by atoms with E-state index in [-0.39, 0.29) is 12.0 Å². The summed E-state index contributed by atoms with van der Waals surface area (Å²) in [5.74, 6) is -0.121. The van der Waals surface area contributed by atoms with Crippen LogP contribution in [0.2, 0.25) is 0 Å². The molecule has 1 fully saturated rings. The van der Waals surface area contributed by atoms with Crippen molar-refractivity contribution in [1.29, 1.82) is 0 Å². The van der Waals surface area contributed by atoms with Crippen LogP contribution in [0.25, 0.3) is 0 Å². The lowest BCUT2D eigenvalue weighted by molar-refractivity contribution is -0.146. The van der Waals surface area contributed by atoms with Gasteiger partial charge in [-0.15, -0.1) is 0 Å². The summed E-state index contributed by atoms with van der Waals surface area (Å²) in [6, 6.07) is 0.923. The number of likely N-dealkylation sites (tertiary alicyclic amines) is 1. The molecule has 0 radical (unpaired) electrons. The molecule has 1 saturated heterocycles. The molecule has 4 nitrogen and oxygen atoms in total. The van der Waals surface area contributed by atoms with Gasteiger partial charge < -0.3 is 10.1 Å². The molecule has 0 aliphatic carbocycles. The van der Waals surface area contributed by atoms with E-state index in [2.05, 4.69) is 24.1 Å². The highest BCUT2D eigenvalue weighted by Gasteiger charge is 2.29. The Morgan fingerprint density at radius 3 is 2.44 bits per heavy atom. The van der Waals surface area contributed by atoms with E-state index < -0.39 is 0 Å². The van der Waals surface area contributed by atoms with Crippen LogP contribution >= 0.6 is 0 Å². The number of hydrogen-bond donors (Lipinski definition) is 1. The van der Waals surface area contributed by atoms with E-state index in [1.54, 1.807) is 0 Å². The third-order valence-electron chi connectivity index (χ3n) is 3.79. The molecular weight excluding hydrogens is 228 g/mol. The molecule has 106 valence electrons. The van der Waals surface area contributed by atoms with Crippen LogP contribution in [0.5, 0.6) is 0 Å². The van der Waals surface area contributed by atoms with Gasteiger partial charge in [0.1, 0.15) is 6.04 Å². The van der Waals surface area contributed by atoms with Gasteiger partial charge >= 0.3 is 5.97 Å². The number of esters is 1. The molecule has 3 atom stereocenters. The summed E-state index contributed by atoms with van der Waals surface area (Å²) >= 11 is 0. The van der Waals surface area contributed by atoms with Gasteiger partial charge in [0.15, 0.2) is 0 Å². The topological polar surface area (TPSA) is 41.6 Å². The van der Waals surface area contributed by atoms with Gasteiger partial charge in [0.2, 0.25) is 0 Å². The fourth-order valence-corrected chi connectivity index (χ4v) is 2.76. The predicted octanol–water partition coefficient (Wildman–Crippen LogP) is 1.79. The minimum atomic E-state index is -0.196. The Kier molecular flexibility index (Phi) is 6.65. The Hall–Kier alpha value is -0.610. The van der Waals surface area contributed by atoms with Crippen molar-refractivity contribution < 1.29 is 9.53 Å². The van der Waals surface area contributed by atoms with Crippen molar-refractivity contribution >= 4 is 5.97 Å². The maximum atomic E-state index is 11.9. The van der Waals surface area contributed by atoms with Gasteiger partial charge in [0.25, 0.3) is 0 Å². The van der Waals surface area contributed by atoms with Crippen LogP contribution in [0.15, 0.2) is 0 Å². The van der Waals surface area contributed by atoms with Crippen LogP contribution in [0.3, 0.4) is 0 Å². The number of carbonyl (C=O) groups is 1. The van der Waals surface area contributed by atoms with Crippen molar-refractivity contribution in [1.82, 2.24) is 10.2 Å². The standard InChI is InChI=1S/C14H28N2O2/c1-5-15-13(14(17)18-6-2)10-16-11(3)8-7-9-12(16)4/h11-13,15H,5-10H2,1-4H3. The maximum absolute atomic E-state index is 11.9. The Morgan fingerprint density at radius 1 is 1.33 bits per heavy atom. The number of nitrogens with one attached hydrogen (secondary N) is 1. The second-order valence-electron chi connectivity index (χ2n) is 5.19. The van der Waals surface area contributed by atoms with E-state index >= 15 is 0 Å². The number of hydrogen-bond acceptors (Lipinski definition) is 4. The molecule has 1 aliphatic rings. The van der Waals surface area contributed by atoms with Crippen molar-refractivity contribution in [3.8, 4) is 0 Å². The third-order valence-corrected chi connectivity index (χ3v) is 3.79. The number of rotatable bonds is 6. The molecule has 0 bridgehead atoms. The molecule has 1 rings (SSSR count). The van der Waals surface area contributed by atoms with E-state index in [4.69, 9.17) is 4.74 Å². The lowest BCUT2D eigenvalue weighted by atomic mass is 9.97. The monoisotopic (exact) mass is 256 g/mol. The molecule has 1 aliphatic heterocycles. The van der Waals surface area contributed by atoms with Crippen LogP contribution < -0.4 is 5.32 Å². The quantitative estimate of drug-likeness (QED) is 0.736. The zero-order valence-corrected chi connectivity index (χ0v) is 12.2. The van der Waals surface area contributed by atoms with E-state index in [1.807, 2.05) is 13.8 Å². The summed E-state index contributed by atoms with van der Waals surface area (Å²) in [4.78, 5) is 14.3. The molecule has 0 saturated carbocycles. The Bertz CT molecular complexity index is 248. The normalized spacial score (nSPS) is 26.9. The smallest absolute Gasteiger partial charge is 0.324 e. The number of nitrogens with zero attached hydrogens (tertiary/aromatic N) is 1. The van der Waals surface area contributed by atoms with Crippen LogP contribution in [-0.2, 0) is 9.53 Å². The van der Waals surface area contributed by atoms with E-state index in [0.29, 0.717) is 18.7 Å². The first-order valence-electron chi connectivity index (χ1n) is 7.25. The van der Waals surface area contributed by atoms with Gasteiger partial charge in [0, 0.05) is 18.6 Å². The Balaban J connectivity index is 2.60. The van der Waals surface area contributed by atoms with Crippen molar-refractivity contribution in [2.75, 3.05) is 19.7 Å². The second-order valence-corrected chi connectivity index (χ2v) is 5.19. The lowest BCUT2D eigenvalue weighted by Crippen LogP contribution is -2.53. The third kappa shape index (κ3) is 4.25. The summed E-state index contributed by atoms with van der Waals surface area (Å²) in [7, 11) is 0. The molecule has 4 heteroatoms. The SMILES string of the molecule is CCNC(CN1C(C)CCCC1C)C(=O)OCC. The minimum Gasteiger partial charge on any atom is -0.465 e. The second kappa shape index (κ2) is 7.74. The van der Waals surface area contributed by atoms with Gasteiger partial charge in [-0.3, -0.25) is 9.69 Å². The molecule has 0 aromatic carbocycles. The van der Waals surface area contributed by atoms with E-state index in [0.717, 1.165) is 13.1 Å². The summed E-state index contributed by atoms with van der Waals surface area (Å²) in [6.07, 6.45) is 3.75. The molecule has 3 unspecified atom stereocenters. The fourth-order valence-electron chi connectivity index (χ4n) is 2.76. The average Bonchev–Trinajstić information content (AvgIpc) is 2.33. The van der Waals surface area contributed by atoms with E-state index in [1.165, 1.54) is 19.3 Å². The highest BCUT2D eigenvalue weighted by molar-refractivity contribution is 5.76. The van der Waals surface area contributed by atoms with E-state index in [9.17, 15) is 4.79 Å². The van der Waals surface area contributed by atoms with Gasteiger partial charge in [-0.1, -0.05) is 13.3 Å². The summed E-state index contributed by atoms with van der Waals surface area (Å²) in [5.41, 5.74) is 0. The van der Waals surface area contributed by atoms with Crippen molar-refractivity contribution in [2.24, 2.45) is 0 Å². The molecule has 1 N–H and O–H groups in total. The zero-order chi connectivity index (χ0) is 13.5. The lowest BCUT2D eigenvalue weighted by Gasteiger charge is -2.40. The molecule has 0 amide bonds. The number of piperidine rings is 1. The van der Waals surface area contributed by atoms with Gasteiger partial charge in [0.05, 0.1) is 6.61 Å². The highest BCUT2D eigenvalue weighted by atomic mass is 16.5. The molecule has 1 heterocycles. The average molecular weight is 256 g/mol. The first-order chi connectivity index (χ1) is 8.60. The summed E-state index contributed by atoms with van der Waals surface area (Å²) in [5, 5.41) is 3.24. The number of likely N-dealkylation sites (N-methyl/N-ethyl adjacent to an activating group) is 1. The summed E-state index contributed by atoms with van der Waals surface area (Å²) < 4.78 is 5.14. The van der Waals surface area contributed by atoms with Crippen LogP contribution in [0, 0.1) is 0 Å². The van der Waals surface area contributed by atoms with Crippen LogP contribution in [0.1, 0.15) is 47.0 Å². The number of ether oxygens (including phenoxy) is 1. The minimum absolute atomic E-state index is 0.121. The first kappa shape index (κ1) is 15.4. The van der Waals surface area contributed by atoms with Gasteiger partial charge in [-0.05, 0) is 40.2 Å². The van der Waals surface area contributed by atoms with Gasteiger partial charge in [-0.2, -0.15) is 0 Å². The van der Waals surface area contributed by atoms with Gasteiger partial charge in [-0.25, -0.2) is 0 Å². The fraction of sp³-hybridized carbons (Fsp3) is 0.929. The van der Waals surface area contributed by atoms with Crippen LogP contribution in [0.4, 0.5) is 0 Å². The largest absolute Gasteiger partial charge is 0.465 e. The molecule has 0 aromatic heterocycles. The molecular formula is C14H28N2O2. The first-order valence-corrected chi connectivity index (χ1v) is 7.25. The van der Waals surface area contributed by atoms with Crippen molar-refractivity contribution in [3.05, 3.63) is 0 Å². The highest BCUT2D eigenvalue weighted by Crippen LogP contribution is 2.22. The molecule has 18 heavy (non-hydrogen) atoms.